The van der Waals surface area contributed by atoms with Crippen LogP contribution in [0.3, 0.4) is 0 Å². The van der Waals surface area contributed by atoms with Gasteiger partial charge in [-0.2, -0.15) is 0 Å². The number of benzene rings is 2. The number of non-ortho nitro benzene ring substituents is 1. The number of aromatic nitrogens is 1. The second-order valence-electron chi connectivity index (χ2n) is 9.13. The van der Waals surface area contributed by atoms with Gasteiger partial charge >= 0.3 is 0 Å². The van der Waals surface area contributed by atoms with Crippen LogP contribution in [0.15, 0.2) is 86.1 Å². The number of anilines is 1. The fourth-order valence-electron chi connectivity index (χ4n) is 4.50. The number of nitrogens with zero attached hydrogens (tertiary/aromatic N) is 4. The quantitative estimate of drug-likeness (QED) is 0.276. The van der Waals surface area contributed by atoms with Crippen molar-refractivity contribution in [2.45, 2.75) is 19.9 Å². The van der Waals surface area contributed by atoms with E-state index >= 15 is 0 Å². The largest absolute Gasteiger partial charge is 0.457 e. The Morgan fingerprint density at radius 3 is 2.39 bits per heavy atom. The number of nitro groups is 1. The molecule has 38 heavy (non-hydrogen) atoms. The standard InChI is InChI=1S/C28H24N4O5S/c1-16-25(17(2)33)26(19-7-9-20(10-8-19)30(3)4)31-27(34)24(38-28(31)29-16)15-22-13-14-23(37-22)18-5-11-21(12-6-18)32(35)36/h5-15,26H,1-4H3. The fraction of sp³-hybridized carbons (Fsp3) is 0.179. The van der Waals surface area contributed by atoms with Gasteiger partial charge < -0.3 is 9.32 Å². The maximum absolute atomic E-state index is 13.7. The van der Waals surface area contributed by atoms with Crippen molar-refractivity contribution >= 4 is 34.6 Å². The number of carbonyl (C=O) groups is 1. The minimum atomic E-state index is -0.589. The van der Waals surface area contributed by atoms with Gasteiger partial charge in [0.25, 0.3) is 11.2 Å². The number of ketones is 1. The zero-order valence-electron chi connectivity index (χ0n) is 21.2. The Morgan fingerprint density at radius 2 is 1.79 bits per heavy atom. The summed E-state index contributed by atoms with van der Waals surface area (Å²) in [6, 6.07) is 16.7. The lowest BCUT2D eigenvalue weighted by molar-refractivity contribution is -0.384. The molecule has 5 rings (SSSR count). The van der Waals surface area contributed by atoms with Crippen LogP contribution in [0.4, 0.5) is 11.4 Å². The molecule has 1 aliphatic heterocycles. The molecule has 2 aromatic heterocycles. The van der Waals surface area contributed by atoms with Crippen LogP contribution in [-0.4, -0.2) is 29.4 Å². The van der Waals surface area contributed by atoms with Crippen LogP contribution in [0.5, 0.6) is 0 Å². The number of rotatable bonds is 6. The van der Waals surface area contributed by atoms with Gasteiger partial charge in [-0.25, -0.2) is 4.99 Å². The van der Waals surface area contributed by atoms with Crippen LogP contribution in [0, 0.1) is 10.1 Å². The summed E-state index contributed by atoms with van der Waals surface area (Å²) in [6.45, 7) is 3.28. The second kappa shape index (κ2) is 9.71. The predicted molar refractivity (Wildman–Crippen MR) is 146 cm³/mol. The molecule has 0 saturated carbocycles. The van der Waals surface area contributed by atoms with Crippen LogP contribution in [0.2, 0.25) is 0 Å². The van der Waals surface area contributed by atoms with Crippen molar-refractivity contribution in [2.24, 2.45) is 4.99 Å². The van der Waals surface area contributed by atoms with E-state index in [4.69, 9.17) is 4.42 Å². The topological polar surface area (TPSA) is 111 Å². The maximum Gasteiger partial charge on any atom is 0.271 e. The van der Waals surface area contributed by atoms with Gasteiger partial charge in [-0.15, -0.1) is 0 Å². The molecular weight excluding hydrogens is 504 g/mol. The first-order valence-corrected chi connectivity index (χ1v) is 12.6. The molecule has 192 valence electrons. The lowest BCUT2D eigenvalue weighted by Gasteiger charge is -2.25. The molecule has 0 spiro atoms. The Hall–Kier alpha value is -4.57. The van der Waals surface area contributed by atoms with Gasteiger partial charge in [-0.3, -0.25) is 24.3 Å². The number of hydrogen-bond donors (Lipinski definition) is 0. The molecule has 1 aliphatic rings. The Morgan fingerprint density at radius 1 is 1.11 bits per heavy atom. The highest BCUT2D eigenvalue weighted by molar-refractivity contribution is 7.07. The molecule has 1 atom stereocenters. The second-order valence-corrected chi connectivity index (χ2v) is 10.1. The summed E-state index contributed by atoms with van der Waals surface area (Å²) in [5, 5.41) is 10.9. The summed E-state index contributed by atoms with van der Waals surface area (Å²) in [6.07, 6.45) is 1.65. The molecule has 0 fully saturated rings. The number of hydrogen-bond acceptors (Lipinski definition) is 8. The van der Waals surface area contributed by atoms with E-state index in [0.717, 1.165) is 11.3 Å². The summed E-state index contributed by atoms with van der Waals surface area (Å²) in [7, 11) is 3.90. The van der Waals surface area contributed by atoms with Gasteiger partial charge in [0.05, 0.1) is 15.5 Å². The van der Waals surface area contributed by atoms with Crippen LogP contribution in [0.25, 0.3) is 17.4 Å². The highest BCUT2D eigenvalue weighted by Gasteiger charge is 2.30. The first kappa shape index (κ1) is 25.1. The predicted octanol–water partition coefficient (Wildman–Crippen LogP) is 4.06. The number of nitro benzene ring substituents is 1. The molecule has 3 heterocycles. The number of Topliss-reactive ketones (excluding diaryl/α,β-unsaturated/α-hetero) is 1. The highest BCUT2D eigenvalue weighted by Crippen LogP contribution is 2.31. The molecule has 0 aliphatic carbocycles. The van der Waals surface area contributed by atoms with Gasteiger partial charge in [0.2, 0.25) is 0 Å². The van der Waals surface area contributed by atoms with Crippen LogP contribution < -0.4 is 19.8 Å². The molecule has 0 saturated heterocycles. The number of allylic oxidation sites excluding steroid dienone is 2. The van der Waals surface area contributed by atoms with Gasteiger partial charge in [0.1, 0.15) is 11.5 Å². The van der Waals surface area contributed by atoms with Crippen LogP contribution in [0.1, 0.15) is 31.2 Å². The van der Waals surface area contributed by atoms with Crippen LogP contribution in [-0.2, 0) is 4.79 Å². The average Bonchev–Trinajstić information content (AvgIpc) is 3.47. The maximum atomic E-state index is 13.7. The van der Waals surface area contributed by atoms with E-state index in [1.165, 1.54) is 30.4 Å². The summed E-state index contributed by atoms with van der Waals surface area (Å²) in [5.74, 6) is 0.839. The van der Waals surface area contributed by atoms with Gasteiger partial charge in [0, 0.05) is 54.8 Å². The van der Waals surface area contributed by atoms with Crippen molar-refractivity contribution in [1.29, 1.82) is 0 Å². The Labute approximate surface area is 221 Å². The molecule has 0 N–H and O–H groups in total. The van der Waals surface area contributed by atoms with Gasteiger partial charge in [-0.05, 0) is 55.8 Å². The third-order valence-electron chi connectivity index (χ3n) is 6.39. The minimum absolute atomic E-state index is 0.00669. The van der Waals surface area contributed by atoms with Crippen molar-refractivity contribution < 1.29 is 14.1 Å². The first-order chi connectivity index (χ1) is 18.1. The fourth-order valence-corrected chi connectivity index (χ4v) is 5.53. The van der Waals surface area contributed by atoms with Gasteiger partial charge in [-0.1, -0.05) is 23.5 Å². The van der Waals surface area contributed by atoms with Crippen LogP contribution >= 0.6 is 11.3 Å². The molecule has 4 aromatic rings. The van der Waals surface area contributed by atoms with E-state index in [9.17, 15) is 19.7 Å². The van der Waals surface area contributed by atoms with Crippen molar-refractivity contribution in [3.05, 3.63) is 113 Å². The average molecular weight is 529 g/mol. The summed E-state index contributed by atoms with van der Waals surface area (Å²) in [5.41, 5.74) is 3.31. The third kappa shape index (κ3) is 4.50. The number of thiazole rings is 1. The third-order valence-corrected chi connectivity index (χ3v) is 7.37. The Balaban J connectivity index is 1.58. The zero-order chi connectivity index (χ0) is 27.1. The Bertz CT molecular complexity index is 1770. The number of fused-ring (bicyclic) bond motifs is 1. The summed E-state index contributed by atoms with van der Waals surface area (Å²) in [4.78, 5) is 43.9. The Kier molecular flexibility index (Phi) is 6.41. The summed E-state index contributed by atoms with van der Waals surface area (Å²) >= 11 is 1.23. The molecular formula is C28H24N4O5S. The molecule has 0 amide bonds. The SMILES string of the molecule is CC(=O)C1=C(C)N=c2sc(=Cc3ccc(-c4ccc([N+](=O)[O-])cc4)o3)c(=O)n2C1c1ccc(N(C)C)cc1. The number of furan rings is 1. The summed E-state index contributed by atoms with van der Waals surface area (Å²) < 4.78 is 7.91. The molecule has 0 bridgehead atoms. The van der Waals surface area contributed by atoms with E-state index in [-0.39, 0.29) is 17.0 Å². The first-order valence-electron chi connectivity index (χ1n) is 11.8. The van der Waals surface area contributed by atoms with E-state index < -0.39 is 11.0 Å². The van der Waals surface area contributed by atoms with Gasteiger partial charge in [0.15, 0.2) is 10.6 Å². The normalized spacial score (nSPS) is 15.3. The lowest BCUT2D eigenvalue weighted by atomic mass is 9.93. The molecule has 2 aromatic carbocycles. The zero-order valence-corrected chi connectivity index (χ0v) is 22.0. The van der Waals surface area contributed by atoms with E-state index in [1.807, 2.05) is 43.3 Å². The molecule has 0 radical (unpaired) electrons. The number of carbonyl (C=O) groups excluding carboxylic acids is 1. The van der Waals surface area contributed by atoms with Crippen molar-refractivity contribution in [3.8, 4) is 11.3 Å². The molecule has 10 heteroatoms. The molecule has 1 unspecified atom stereocenters. The highest BCUT2D eigenvalue weighted by atomic mass is 32.1. The van der Waals surface area contributed by atoms with Crippen molar-refractivity contribution in [1.82, 2.24) is 4.57 Å². The van der Waals surface area contributed by atoms with E-state index in [2.05, 4.69) is 4.99 Å². The monoisotopic (exact) mass is 528 g/mol. The van der Waals surface area contributed by atoms with E-state index in [1.54, 1.807) is 41.8 Å². The minimum Gasteiger partial charge on any atom is -0.457 e. The molecule has 9 nitrogen and oxygen atoms in total. The van der Waals surface area contributed by atoms with Crippen molar-refractivity contribution in [2.75, 3.05) is 19.0 Å². The van der Waals surface area contributed by atoms with Crippen molar-refractivity contribution in [3.63, 3.8) is 0 Å². The smallest absolute Gasteiger partial charge is 0.271 e. The van der Waals surface area contributed by atoms with E-state index in [0.29, 0.717) is 37.7 Å². The lowest BCUT2D eigenvalue weighted by Crippen LogP contribution is -2.39.